The van der Waals surface area contributed by atoms with Crippen LogP contribution in [0.5, 0.6) is 11.5 Å². The van der Waals surface area contributed by atoms with Crippen LogP contribution >= 0.6 is 23.1 Å². The van der Waals surface area contributed by atoms with E-state index < -0.39 is 17.7 Å². The van der Waals surface area contributed by atoms with Gasteiger partial charge in [0.25, 0.3) is 0 Å². The number of aromatic amines is 1. The van der Waals surface area contributed by atoms with Crippen molar-refractivity contribution >= 4 is 40.6 Å². The third kappa shape index (κ3) is 3.21. The molecule has 7 atom stereocenters. The Bertz CT molecular complexity index is 1500. The van der Waals surface area contributed by atoms with Gasteiger partial charge in [0.2, 0.25) is 11.8 Å². The van der Waals surface area contributed by atoms with Crippen molar-refractivity contribution in [3.8, 4) is 11.5 Å². The molecule has 2 aliphatic heterocycles. The zero-order valence-corrected chi connectivity index (χ0v) is 21.4. The number of amides is 2. The lowest BCUT2D eigenvalue weighted by Crippen LogP contribution is -2.42. The van der Waals surface area contributed by atoms with Crippen molar-refractivity contribution in [3.63, 3.8) is 0 Å². The maximum Gasteiger partial charge on any atom is 0.305 e. The highest BCUT2D eigenvalue weighted by Crippen LogP contribution is 2.68. The van der Waals surface area contributed by atoms with E-state index in [4.69, 9.17) is 4.74 Å². The number of halogens is 1. The van der Waals surface area contributed by atoms with Crippen LogP contribution < -0.4 is 14.5 Å². The first-order valence-electron chi connectivity index (χ1n) is 12.4. The summed E-state index contributed by atoms with van der Waals surface area (Å²) in [6.45, 7) is 2.25. The van der Waals surface area contributed by atoms with Gasteiger partial charge in [-0.15, -0.1) is 11.8 Å². The number of H-pyrrole nitrogens is 1. The van der Waals surface area contributed by atoms with Crippen LogP contribution in [0.25, 0.3) is 0 Å². The minimum atomic E-state index is -0.437. The minimum absolute atomic E-state index is 0.00516. The Morgan fingerprint density at radius 3 is 2.54 bits per heavy atom. The van der Waals surface area contributed by atoms with E-state index in [0.717, 1.165) is 21.9 Å². The summed E-state index contributed by atoms with van der Waals surface area (Å²) < 4.78 is 19.2. The van der Waals surface area contributed by atoms with Crippen LogP contribution in [0, 0.1) is 35.4 Å². The molecule has 4 aliphatic rings. The van der Waals surface area contributed by atoms with Crippen LogP contribution in [0.15, 0.2) is 52.3 Å². The highest BCUT2D eigenvalue weighted by Gasteiger charge is 2.69. The second-order valence-electron chi connectivity index (χ2n) is 10.1. The summed E-state index contributed by atoms with van der Waals surface area (Å²) in [5, 5.41) is 11.2. The van der Waals surface area contributed by atoms with Gasteiger partial charge in [0.05, 0.1) is 29.2 Å². The summed E-state index contributed by atoms with van der Waals surface area (Å²) in [5.41, 5.74) is 1.32. The molecule has 2 bridgehead atoms. The number of aromatic nitrogens is 1. The highest BCUT2D eigenvalue weighted by molar-refractivity contribution is 8.00. The number of thioether (sulfide) groups is 1. The molecule has 0 radical (unpaired) electrons. The van der Waals surface area contributed by atoms with Crippen LogP contribution in [0.3, 0.4) is 0 Å². The second-order valence-corrected chi connectivity index (χ2v) is 12.3. The van der Waals surface area contributed by atoms with Crippen molar-refractivity contribution in [3.05, 3.63) is 68.4 Å². The van der Waals surface area contributed by atoms with Gasteiger partial charge in [-0.2, -0.15) is 0 Å². The van der Waals surface area contributed by atoms with Gasteiger partial charge in [-0.25, -0.2) is 4.39 Å². The number of phenols is 1. The standard InChI is InChI=1S/C27H23FN2O5S2/c1-2-35-17-9-11(3-8-16(17)31)18-19-14-10-15(22(19)36-24-23(18)37-27(34)29-24)21-20(14)25(32)30(26(21)33)13-6-4-12(28)5-7-13/h3-9,14-15,18-22,31H,2,10H2,1H3,(H,29,34)/t14-,15+,18-,19+,20+,21+,22-/m0/s1. The molecule has 7 rings (SSSR count). The summed E-state index contributed by atoms with van der Waals surface area (Å²) in [5.74, 6) is -1.43. The maximum atomic E-state index is 13.7. The smallest absolute Gasteiger partial charge is 0.305 e. The normalized spacial score (nSPS) is 31.4. The fourth-order valence-corrected chi connectivity index (χ4v) is 10.1. The molecule has 2 saturated carbocycles. The highest BCUT2D eigenvalue weighted by atomic mass is 32.2. The third-order valence-electron chi connectivity index (χ3n) is 8.45. The first-order chi connectivity index (χ1) is 17.9. The summed E-state index contributed by atoms with van der Waals surface area (Å²) in [6, 6.07) is 10.8. The molecule has 3 fully saturated rings. The average Bonchev–Trinajstić information content (AvgIpc) is 3.60. The van der Waals surface area contributed by atoms with Gasteiger partial charge in [0, 0.05) is 16.0 Å². The molecule has 2 aromatic carbocycles. The Morgan fingerprint density at radius 1 is 1.08 bits per heavy atom. The van der Waals surface area contributed by atoms with Gasteiger partial charge in [-0.05, 0) is 73.1 Å². The molecule has 0 unspecified atom stereocenters. The Labute approximate surface area is 219 Å². The van der Waals surface area contributed by atoms with Crippen molar-refractivity contribution in [2.45, 2.75) is 29.5 Å². The fourth-order valence-electron chi connectivity index (χ4n) is 7.23. The lowest BCUT2D eigenvalue weighted by atomic mass is 9.68. The SMILES string of the molecule is CCOc1cc([C@@H]2c3sc(=O)[nH]c3S[C@H]3[C@@H]4C[C@H]([C@H]5C(=O)N(c6ccc(F)cc6)C(=O)[C@H]45)[C@H]23)ccc1O. The van der Waals surface area contributed by atoms with E-state index in [1.807, 2.05) is 19.1 Å². The average molecular weight is 539 g/mol. The number of aromatic hydroxyl groups is 1. The molecule has 190 valence electrons. The van der Waals surface area contributed by atoms with E-state index in [0.29, 0.717) is 18.0 Å². The zero-order chi connectivity index (χ0) is 25.6. The number of fused-ring (bicyclic) bond motifs is 9. The van der Waals surface area contributed by atoms with Gasteiger partial charge >= 0.3 is 4.87 Å². The van der Waals surface area contributed by atoms with Crippen molar-refractivity contribution in [1.29, 1.82) is 0 Å². The molecule has 1 aromatic heterocycles. The summed E-state index contributed by atoms with van der Waals surface area (Å²) in [6.07, 6.45) is 0.776. The first-order valence-corrected chi connectivity index (χ1v) is 14.1. The number of imide groups is 1. The van der Waals surface area contributed by atoms with E-state index in [1.54, 1.807) is 17.8 Å². The summed E-state index contributed by atoms with van der Waals surface area (Å²) in [4.78, 5) is 44.8. The first kappa shape index (κ1) is 23.0. The number of hydrogen-bond donors (Lipinski definition) is 2. The van der Waals surface area contributed by atoms with E-state index >= 15 is 0 Å². The van der Waals surface area contributed by atoms with Crippen molar-refractivity contribution < 1.29 is 23.8 Å². The molecule has 1 saturated heterocycles. The van der Waals surface area contributed by atoms with E-state index in [-0.39, 0.29) is 51.4 Å². The Balaban J connectivity index is 1.32. The number of rotatable bonds is 4. The lowest BCUT2D eigenvalue weighted by molar-refractivity contribution is -0.123. The van der Waals surface area contributed by atoms with Gasteiger partial charge in [0.15, 0.2) is 11.5 Å². The number of thiazole rings is 1. The minimum Gasteiger partial charge on any atom is -0.504 e. The van der Waals surface area contributed by atoms with Gasteiger partial charge in [0.1, 0.15) is 5.82 Å². The number of nitrogens with one attached hydrogen (secondary N) is 1. The predicted molar refractivity (Wildman–Crippen MR) is 137 cm³/mol. The maximum absolute atomic E-state index is 13.7. The molecule has 7 nitrogen and oxygen atoms in total. The Hall–Kier alpha value is -3.11. The molecule has 37 heavy (non-hydrogen) atoms. The van der Waals surface area contributed by atoms with Crippen LogP contribution in [0.2, 0.25) is 0 Å². The molecular weight excluding hydrogens is 515 g/mol. The zero-order valence-electron chi connectivity index (χ0n) is 19.7. The Kier molecular flexibility index (Phi) is 5.10. The monoisotopic (exact) mass is 538 g/mol. The molecule has 2 aliphatic carbocycles. The predicted octanol–water partition coefficient (Wildman–Crippen LogP) is 4.36. The van der Waals surface area contributed by atoms with Crippen molar-refractivity contribution in [2.75, 3.05) is 11.5 Å². The largest absolute Gasteiger partial charge is 0.504 e. The summed E-state index contributed by atoms with van der Waals surface area (Å²) >= 11 is 2.81. The molecule has 2 amide bonds. The number of nitrogens with zero attached hydrogens (tertiary/aromatic N) is 1. The van der Waals surface area contributed by atoms with Crippen LogP contribution in [-0.4, -0.2) is 33.8 Å². The number of phenolic OH excluding ortho intramolecular Hbond substituents is 1. The van der Waals surface area contributed by atoms with Crippen LogP contribution in [0.4, 0.5) is 10.1 Å². The van der Waals surface area contributed by atoms with Crippen LogP contribution in [-0.2, 0) is 9.59 Å². The number of benzene rings is 2. The third-order valence-corrected chi connectivity index (χ3v) is 11.0. The molecule has 2 N–H and O–H groups in total. The number of anilines is 1. The lowest BCUT2D eigenvalue weighted by Gasteiger charge is -2.43. The quantitative estimate of drug-likeness (QED) is 0.479. The van der Waals surface area contributed by atoms with Crippen molar-refractivity contribution in [1.82, 2.24) is 4.98 Å². The van der Waals surface area contributed by atoms with E-state index in [2.05, 4.69) is 4.98 Å². The molecule has 3 aromatic rings. The number of hydrogen-bond acceptors (Lipinski definition) is 7. The van der Waals surface area contributed by atoms with E-state index in [1.165, 1.54) is 40.5 Å². The number of ether oxygens (including phenoxy) is 1. The van der Waals surface area contributed by atoms with Gasteiger partial charge < -0.3 is 14.8 Å². The molecule has 0 spiro atoms. The Morgan fingerprint density at radius 2 is 1.81 bits per heavy atom. The fraction of sp³-hybridized carbons (Fsp3) is 0.370. The van der Waals surface area contributed by atoms with E-state index in [9.17, 15) is 23.9 Å². The van der Waals surface area contributed by atoms with Gasteiger partial charge in [-0.1, -0.05) is 17.4 Å². The van der Waals surface area contributed by atoms with Crippen LogP contribution in [0.1, 0.15) is 29.7 Å². The number of carbonyl (C=O) groups is 2. The topological polar surface area (TPSA) is 99.7 Å². The number of carbonyl (C=O) groups excluding carboxylic acids is 2. The van der Waals surface area contributed by atoms with Gasteiger partial charge in [-0.3, -0.25) is 19.3 Å². The second kappa shape index (κ2) is 8.19. The van der Waals surface area contributed by atoms with Crippen molar-refractivity contribution in [2.24, 2.45) is 29.6 Å². The molecule has 10 heteroatoms. The molecule has 3 heterocycles. The molecular formula is C27H23FN2O5S2. The summed E-state index contributed by atoms with van der Waals surface area (Å²) in [7, 11) is 0.